The number of nitrogens with zero attached hydrogens (tertiary/aromatic N) is 1. The number of carbonyl (C=O) groups is 2. The van der Waals surface area contributed by atoms with Gasteiger partial charge in [-0.15, -0.1) is 0 Å². The normalized spacial score (nSPS) is 20.8. The highest BCUT2D eigenvalue weighted by Crippen LogP contribution is 2.48. The summed E-state index contributed by atoms with van der Waals surface area (Å²) in [4.78, 5) is 27.2. The number of nitrogens with two attached hydrogens (primary N) is 1. The van der Waals surface area contributed by atoms with Crippen molar-refractivity contribution >= 4 is 17.7 Å². The second-order valence-corrected chi connectivity index (χ2v) is 9.05. The molecule has 6 heteroatoms. The van der Waals surface area contributed by atoms with Crippen LogP contribution in [0.15, 0.2) is 42.5 Å². The summed E-state index contributed by atoms with van der Waals surface area (Å²) in [6.07, 6.45) is 3.67. The van der Waals surface area contributed by atoms with Crippen LogP contribution in [0.2, 0.25) is 0 Å². The Morgan fingerprint density at radius 3 is 2.61 bits per heavy atom. The van der Waals surface area contributed by atoms with Gasteiger partial charge in [-0.1, -0.05) is 36.8 Å². The van der Waals surface area contributed by atoms with Crippen LogP contribution in [-0.4, -0.2) is 41.8 Å². The van der Waals surface area contributed by atoms with Crippen molar-refractivity contribution in [3.8, 4) is 11.1 Å². The summed E-state index contributed by atoms with van der Waals surface area (Å²) in [5.41, 5.74) is 10.6. The lowest BCUT2D eigenvalue weighted by Crippen LogP contribution is -2.30. The van der Waals surface area contributed by atoms with Crippen molar-refractivity contribution in [1.29, 1.82) is 5.41 Å². The fourth-order valence-electron chi connectivity index (χ4n) is 5.29. The molecule has 0 bridgehead atoms. The van der Waals surface area contributed by atoms with Crippen molar-refractivity contribution in [3.63, 3.8) is 0 Å². The number of unbranched alkanes of at least 4 members (excludes halogenated alkanes) is 1. The van der Waals surface area contributed by atoms with Crippen molar-refractivity contribution in [2.24, 2.45) is 11.7 Å². The van der Waals surface area contributed by atoms with E-state index in [0.29, 0.717) is 25.1 Å². The molecule has 0 radical (unpaired) electrons. The Labute approximate surface area is 195 Å². The average Bonchev–Trinajstić information content (AvgIpc) is 3.31. The lowest BCUT2D eigenvalue weighted by Gasteiger charge is -2.19. The van der Waals surface area contributed by atoms with E-state index >= 15 is 0 Å². The van der Waals surface area contributed by atoms with Gasteiger partial charge in [0.25, 0.3) is 5.91 Å². The van der Waals surface area contributed by atoms with Gasteiger partial charge in [0.15, 0.2) is 0 Å². The second kappa shape index (κ2) is 9.77. The van der Waals surface area contributed by atoms with Gasteiger partial charge in [0.1, 0.15) is 6.10 Å². The fourth-order valence-corrected chi connectivity index (χ4v) is 5.29. The van der Waals surface area contributed by atoms with Crippen LogP contribution >= 0.6 is 0 Å². The first-order valence-corrected chi connectivity index (χ1v) is 12.0. The fraction of sp³-hybridized carbons (Fsp3) is 0.444. The molecule has 1 heterocycles. The van der Waals surface area contributed by atoms with Gasteiger partial charge < -0.3 is 15.4 Å². The van der Waals surface area contributed by atoms with Gasteiger partial charge >= 0.3 is 5.97 Å². The van der Waals surface area contributed by atoms with E-state index in [1.807, 2.05) is 43.0 Å². The van der Waals surface area contributed by atoms with Crippen LogP contribution in [0.1, 0.15) is 66.9 Å². The molecule has 2 aromatic rings. The minimum absolute atomic E-state index is 0.0449. The minimum Gasteiger partial charge on any atom is -0.461 e. The third-order valence-corrected chi connectivity index (χ3v) is 7.04. The highest BCUT2D eigenvalue weighted by Gasteiger charge is 2.49. The Kier molecular flexibility index (Phi) is 6.82. The lowest BCUT2D eigenvalue weighted by atomic mass is 9.84. The van der Waals surface area contributed by atoms with E-state index in [9.17, 15) is 9.59 Å². The standard InChI is InChI=1S/C27H33N3O3/c1-3-30(4-2)26(31)20-9-7-8-17(14-20)18-12-13-19-16-23-25(22(19)15-18)21(27(32)33-23)10-5-6-11-24(28)29/h7-9,12-15,21,23,25H,3-6,10-11,16H2,1-2H3,(H3,28,29)/t21?,23-,25-/m0/s1. The zero-order chi connectivity index (χ0) is 23.5. The zero-order valence-electron chi connectivity index (χ0n) is 19.5. The van der Waals surface area contributed by atoms with Gasteiger partial charge in [0.2, 0.25) is 0 Å². The summed E-state index contributed by atoms with van der Waals surface area (Å²) in [6.45, 7) is 5.35. The summed E-state index contributed by atoms with van der Waals surface area (Å²) in [7, 11) is 0. The summed E-state index contributed by atoms with van der Waals surface area (Å²) in [5, 5.41) is 7.39. The van der Waals surface area contributed by atoms with Crippen molar-refractivity contribution in [2.45, 2.75) is 58.0 Å². The topological polar surface area (TPSA) is 96.5 Å². The zero-order valence-corrected chi connectivity index (χ0v) is 19.5. The third kappa shape index (κ3) is 4.65. The summed E-state index contributed by atoms with van der Waals surface area (Å²) in [6, 6.07) is 14.2. The molecule has 1 unspecified atom stereocenters. The molecule has 1 saturated heterocycles. The Balaban J connectivity index is 1.57. The molecule has 2 aliphatic rings. The highest BCUT2D eigenvalue weighted by atomic mass is 16.6. The molecule has 1 fully saturated rings. The van der Waals surface area contributed by atoms with Gasteiger partial charge in [-0.2, -0.15) is 0 Å². The number of amides is 1. The van der Waals surface area contributed by atoms with Crippen LogP contribution in [-0.2, 0) is 16.0 Å². The summed E-state index contributed by atoms with van der Waals surface area (Å²) < 4.78 is 5.75. The smallest absolute Gasteiger partial charge is 0.310 e. The van der Waals surface area contributed by atoms with Gasteiger partial charge in [0.05, 0.1) is 11.8 Å². The summed E-state index contributed by atoms with van der Waals surface area (Å²) in [5.74, 6) is 0.0675. The van der Waals surface area contributed by atoms with Crippen molar-refractivity contribution < 1.29 is 14.3 Å². The molecule has 1 aliphatic carbocycles. The molecule has 1 aliphatic heterocycles. The molecule has 3 atom stereocenters. The average molecular weight is 448 g/mol. The minimum atomic E-state index is -0.144. The van der Waals surface area contributed by atoms with E-state index in [2.05, 4.69) is 18.2 Å². The molecule has 0 aromatic heterocycles. The first-order valence-electron chi connectivity index (χ1n) is 12.0. The number of esters is 1. The van der Waals surface area contributed by atoms with E-state index in [1.165, 1.54) is 11.1 Å². The molecule has 174 valence electrons. The second-order valence-electron chi connectivity index (χ2n) is 9.05. The van der Waals surface area contributed by atoms with Crippen LogP contribution in [0.25, 0.3) is 11.1 Å². The third-order valence-electron chi connectivity index (χ3n) is 7.04. The number of amidine groups is 1. The number of hydrogen-bond acceptors (Lipinski definition) is 4. The Bertz CT molecular complexity index is 1060. The van der Waals surface area contributed by atoms with Gasteiger partial charge in [-0.05, 0) is 61.1 Å². The Morgan fingerprint density at radius 1 is 1.12 bits per heavy atom. The number of benzene rings is 2. The highest BCUT2D eigenvalue weighted by molar-refractivity contribution is 5.95. The maximum absolute atomic E-state index is 12.8. The molecule has 33 heavy (non-hydrogen) atoms. The predicted molar refractivity (Wildman–Crippen MR) is 129 cm³/mol. The van der Waals surface area contributed by atoms with Gasteiger partial charge in [-0.3, -0.25) is 15.0 Å². The van der Waals surface area contributed by atoms with E-state index in [1.54, 1.807) is 0 Å². The molecule has 6 nitrogen and oxygen atoms in total. The summed E-state index contributed by atoms with van der Waals surface area (Å²) >= 11 is 0. The maximum Gasteiger partial charge on any atom is 0.310 e. The van der Waals surface area contributed by atoms with Gasteiger partial charge in [-0.25, -0.2) is 0 Å². The monoisotopic (exact) mass is 447 g/mol. The van der Waals surface area contributed by atoms with E-state index in [-0.39, 0.29) is 35.7 Å². The lowest BCUT2D eigenvalue weighted by molar-refractivity contribution is -0.144. The Hall–Kier alpha value is -3.15. The van der Waals surface area contributed by atoms with Crippen LogP contribution in [0, 0.1) is 11.3 Å². The predicted octanol–water partition coefficient (Wildman–Crippen LogP) is 4.51. The maximum atomic E-state index is 12.8. The molecule has 0 saturated carbocycles. The van der Waals surface area contributed by atoms with E-state index in [0.717, 1.165) is 36.8 Å². The largest absolute Gasteiger partial charge is 0.461 e. The molecule has 1 amide bonds. The quantitative estimate of drug-likeness (QED) is 0.256. The van der Waals surface area contributed by atoms with E-state index < -0.39 is 0 Å². The first-order chi connectivity index (χ1) is 15.9. The Morgan fingerprint density at radius 2 is 1.88 bits per heavy atom. The SMILES string of the molecule is CCN(CC)C(=O)c1cccc(-c2ccc3c(c2)[C@@H]2C(CCCCC(=N)N)C(=O)O[C@H]2C3)c1. The number of nitrogens with one attached hydrogen (secondary N) is 1. The van der Waals surface area contributed by atoms with Crippen molar-refractivity contribution in [3.05, 3.63) is 59.2 Å². The molecular weight excluding hydrogens is 414 g/mol. The van der Waals surface area contributed by atoms with Crippen molar-refractivity contribution in [2.75, 3.05) is 13.1 Å². The molecule has 0 spiro atoms. The van der Waals surface area contributed by atoms with Crippen molar-refractivity contribution in [1.82, 2.24) is 4.90 Å². The number of ether oxygens (including phenoxy) is 1. The number of hydrogen-bond donors (Lipinski definition) is 2. The van der Waals surface area contributed by atoms with Crippen LogP contribution < -0.4 is 5.73 Å². The molecular formula is C27H33N3O3. The molecule has 2 aromatic carbocycles. The molecule has 4 rings (SSSR count). The molecule has 3 N–H and O–H groups in total. The van der Waals surface area contributed by atoms with Crippen LogP contribution in [0.4, 0.5) is 0 Å². The number of rotatable bonds is 9. The number of fused-ring (bicyclic) bond motifs is 3. The first kappa shape index (κ1) is 23.0. The van der Waals surface area contributed by atoms with E-state index in [4.69, 9.17) is 15.9 Å². The van der Waals surface area contributed by atoms with Crippen LogP contribution in [0.3, 0.4) is 0 Å². The van der Waals surface area contributed by atoms with Crippen LogP contribution in [0.5, 0.6) is 0 Å². The van der Waals surface area contributed by atoms with Gasteiger partial charge in [0, 0.05) is 37.4 Å². The number of carbonyl (C=O) groups excluding carboxylic acids is 2.